The lowest BCUT2D eigenvalue weighted by atomic mass is 10.1. The molecule has 3 aliphatic heterocycles. The fourth-order valence-electron chi connectivity index (χ4n) is 4.31. The quantitative estimate of drug-likeness (QED) is 0.747. The van der Waals surface area contributed by atoms with E-state index in [1.807, 2.05) is 12.1 Å². The zero-order valence-corrected chi connectivity index (χ0v) is 17.8. The summed E-state index contributed by atoms with van der Waals surface area (Å²) in [4.78, 5) is 25.6. The average molecular weight is 425 g/mol. The molecule has 31 heavy (non-hydrogen) atoms. The number of pyridine rings is 1. The lowest BCUT2D eigenvalue weighted by Gasteiger charge is -2.43. The molecule has 0 spiro atoms. The van der Waals surface area contributed by atoms with Crippen LogP contribution in [0.1, 0.15) is 30.0 Å². The topological polar surface area (TPSA) is 92.4 Å². The van der Waals surface area contributed by atoms with Gasteiger partial charge in [0.25, 0.3) is 0 Å². The number of aliphatic imine (C=N–C) groups is 1. The molecule has 9 heteroatoms. The molecule has 2 aromatic rings. The molecule has 0 bridgehead atoms. The Balaban J connectivity index is 1.54. The fraction of sp³-hybridized carbons (Fsp3) is 0.500. The smallest absolute Gasteiger partial charge is 0.185 e. The van der Waals surface area contributed by atoms with Crippen molar-refractivity contribution in [2.45, 2.75) is 32.2 Å². The van der Waals surface area contributed by atoms with E-state index in [0.29, 0.717) is 44.2 Å². The molecule has 164 valence electrons. The maximum Gasteiger partial charge on any atom is 0.185 e. The van der Waals surface area contributed by atoms with Crippen molar-refractivity contribution in [1.82, 2.24) is 14.8 Å². The Labute approximate surface area is 181 Å². The summed E-state index contributed by atoms with van der Waals surface area (Å²) >= 11 is 0. The number of carbonyl (C=O) groups is 1. The Morgan fingerprint density at radius 1 is 1.06 bits per heavy atom. The van der Waals surface area contributed by atoms with Gasteiger partial charge >= 0.3 is 0 Å². The molecule has 1 unspecified atom stereocenters. The van der Waals surface area contributed by atoms with Crippen molar-refractivity contribution in [1.29, 1.82) is 0 Å². The van der Waals surface area contributed by atoms with Gasteiger partial charge in [-0.05, 0) is 38.1 Å². The van der Waals surface area contributed by atoms with Gasteiger partial charge in [-0.25, -0.2) is 9.98 Å². The number of ether oxygens (including phenoxy) is 2. The fourth-order valence-corrected chi connectivity index (χ4v) is 4.31. The van der Waals surface area contributed by atoms with E-state index in [1.165, 1.54) is 0 Å². The summed E-state index contributed by atoms with van der Waals surface area (Å²) in [5.41, 5.74) is 1.63. The highest BCUT2D eigenvalue weighted by molar-refractivity contribution is 6.04. The van der Waals surface area contributed by atoms with E-state index in [-0.39, 0.29) is 24.1 Å². The first-order valence-corrected chi connectivity index (χ1v) is 10.7. The van der Waals surface area contributed by atoms with Crippen LogP contribution in [-0.4, -0.2) is 84.8 Å². The summed E-state index contributed by atoms with van der Waals surface area (Å²) < 4.78 is 16.9. The van der Waals surface area contributed by atoms with Gasteiger partial charge in [0, 0.05) is 19.1 Å². The van der Waals surface area contributed by atoms with Crippen LogP contribution in [0.3, 0.4) is 0 Å². The molecule has 3 atom stereocenters. The number of nitrogens with one attached hydrogen (secondary N) is 1. The Bertz CT molecular complexity index is 990. The molecule has 0 aliphatic carbocycles. The number of carbonyl (C=O) groups excluding carboxylic acids is 1. The van der Waals surface area contributed by atoms with Crippen LogP contribution in [0.4, 0.5) is 5.82 Å². The number of fused-ring (bicyclic) bond motifs is 1. The van der Waals surface area contributed by atoms with Gasteiger partial charge in [-0.3, -0.25) is 9.69 Å². The molecule has 0 saturated carbocycles. The molecule has 2 saturated heterocycles. The SMILES string of the molecule is C[C@H]1COCCN1C1=NC(N2CCOC[C@@H]2C)Nc2nc(-c3ccc(C=O)o3)ccc21. The molecular formula is C22H27N5O4. The minimum absolute atomic E-state index is 0.223. The van der Waals surface area contributed by atoms with E-state index in [1.54, 1.807) is 12.1 Å². The van der Waals surface area contributed by atoms with Crippen LogP contribution in [-0.2, 0) is 9.47 Å². The number of aldehydes is 1. The minimum Gasteiger partial charge on any atom is -0.452 e. The Hall–Kier alpha value is -2.75. The number of furan rings is 1. The van der Waals surface area contributed by atoms with Crippen molar-refractivity contribution in [3.05, 3.63) is 35.6 Å². The van der Waals surface area contributed by atoms with Crippen LogP contribution in [0, 0.1) is 0 Å². The first-order valence-electron chi connectivity index (χ1n) is 10.7. The summed E-state index contributed by atoms with van der Waals surface area (Å²) in [5, 5.41) is 3.51. The van der Waals surface area contributed by atoms with E-state index in [4.69, 9.17) is 23.9 Å². The van der Waals surface area contributed by atoms with Crippen molar-refractivity contribution in [3.8, 4) is 11.5 Å². The molecular weight excluding hydrogens is 398 g/mol. The van der Waals surface area contributed by atoms with Gasteiger partial charge in [-0.15, -0.1) is 0 Å². The van der Waals surface area contributed by atoms with Crippen LogP contribution < -0.4 is 5.32 Å². The van der Waals surface area contributed by atoms with E-state index in [0.717, 1.165) is 30.3 Å². The summed E-state index contributed by atoms with van der Waals surface area (Å²) in [7, 11) is 0. The third-order valence-electron chi connectivity index (χ3n) is 6.01. The lowest BCUT2D eigenvalue weighted by molar-refractivity contribution is -0.0159. The highest BCUT2D eigenvalue weighted by atomic mass is 16.5. The Morgan fingerprint density at radius 3 is 2.61 bits per heavy atom. The van der Waals surface area contributed by atoms with E-state index < -0.39 is 0 Å². The molecule has 2 aromatic heterocycles. The van der Waals surface area contributed by atoms with Gasteiger partial charge in [-0.2, -0.15) is 0 Å². The molecule has 1 N–H and O–H groups in total. The highest BCUT2D eigenvalue weighted by Gasteiger charge is 2.34. The number of hydrogen-bond acceptors (Lipinski definition) is 9. The van der Waals surface area contributed by atoms with Crippen molar-refractivity contribution in [2.24, 2.45) is 4.99 Å². The molecule has 9 nitrogen and oxygen atoms in total. The second-order valence-electron chi connectivity index (χ2n) is 8.16. The lowest BCUT2D eigenvalue weighted by Crippen LogP contribution is -2.55. The third-order valence-corrected chi connectivity index (χ3v) is 6.01. The number of hydrogen-bond donors (Lipinski definition) is 1. The number of morpholine rings is 2. The number of amidine groups is 1. The van der Waals surface area contributed by atoms with Crippen LogP contribution in [0.15, 0.2) is 33.7 Å². The average Bonchev–Trinajstić information content (AvgIpc) is 3.28. The second-order valence-corrected chi connectivity index (χ2v) is 8.16. The number of rotatable bonds is 3. The predicted molar refractivity (Wildman–Crippen MR) is 115 cm³/mol. The molecule has 0 aromatic carbocycles. The van der Waals surface area contributed by atoms with Crippen LogP contribution in [0.2, 0.25) is 0 Å². The minimum atomic E-state index is -0.235. The Morgan fingerprint density at radius 2 is 1.87 bits per heavy atom. The van der Waals surface area contributed by atoms with Crippen molar-refractivity contribution in [3.63, 3.8) is 0 Å². The molecule has 5 rings (SSSR count). The molecule has 0 amide bonds. The summed E-state index contributed by atoms with van der Waals surface area (Å²) in [5.74, 6) is 2.54. The summed E-state index contributed by atoms with van der Waals surface area (Å²) in [6.45, 7) is 8.60. The van der Waals surface area contributed by atoms with Gasteiger partial charge < -0.3 is 24.1 Å². The molecule has 2 fully saturated rings. The molecule has 0 radical (unpaired) electrons. The number of aromatic nitrogens is 1. The predicted octanol–water partition coefficient (Wildman–Crippen LogP) is 2.05. The summed E-state index contributed by atoms with van der Waals surface area (Å²) in [6, 6.07) is 7.81. The van der Waals surface area contributed by atoms with E-state index in [9.17, 15) is 4.79 Å². The normalized spacial score (nSPS) is 26.7. The highest BCUT2D eigenvalue weighted by Crippen LogP contribution is 2.30. The summed E-state index contributed by atoms with van der Waals surface area (Å²) in [6.07, 6.45) is 0.460. The van der Waals surface area contributed by atoms with Gasteiger partial charge in [0.2, 0.25) is 0 Å². The van der Waals surface area contributed by atoms with Gasteiger partial charge in [-0.1, -0.05) is 0 Å². The maximum atomic E-state index is 11.0. The molecule has 3 aliphatic rings. The zero-order valence-electron chi connectivity index (χ0n) is 17.8. The Kier molecular flexibility index (Phi) is 5.47. The largest absolute Gasteiger partial charge is 0.452 e. The maximum absolute atomic E-state index is 11.0. The van der Waals surface area contributed by atoms with Crippen molar-refractivity contribution < 1.29 is 18.7 Å². The van der Waals surface area contributed by atoms with Crippen LogP contribution >= 0.6 is 0 Å². The van der Waals surface area contributed by atoms with Crippen molar-refractivity contribution in [2.75, 3.05) is 44.8 Å². The first-order chi connectivity index (χ1) is 15.1. The third kappa shape index (κ3) is 3.84. The standard InChI is InChI=1S/C22H27N5O4/c1-14-12-29-9-7-26(14)21-17-4-5-18(19-6-3-16(11-28)31-19)23-20(17)24-22(25-21)27-8-10-30-13-15(27)2/h3-6,11,14-15,22H,7-10,12-13H2,1-2H3,(H,23,24)/t14-,15-,22?/m0/s1. The number of nitrogens with zero attached hydrogens (tertiary/aromatic N) is 4. The van der Waals surface area contributed by atoms with Crippen molar-refractivity contribution >= 4 is 17.9 Å². The van der Waals surface area contributed by atoms with Gasteiger partial charge in [0.15, 0.2) is 24.1 Å². The van der Waals surface area contributed by atoms with Gasteiger partial charge in [0.1, 0.15) is 17.3 Å². The second kappa shape index (κ2) is 8.41. The first kappa shape index (κ1) is 20.2. The zero-order chi connectivity index (χ0) is 21.4. The molecule has 5 heterocycles. The number of anilines is 1. The van der Waals surface area contributed by atoms with E-state index in [2.05, 4.69) is 29.0 Å². The van der Waals surface area contributed by atoms with Crippen LogP contribution in [0.5, 0.6) is 0 Å². The monoisotopic (exact) mass is 425 g/mol. The van der Waals surface area contributed by atoms with E-state index >= 15 is 0 Å². The van der Waals surface area contributed by atoms with Gasteiger partial charge in [0.05, 0.1) is 38.0 Å². The van der Waals surface area contributed by atoms with Crippen LogP contribution in [0.25, 0.3) is 11.5 Å².